The zero-order valence-electron chi connectivity index (χ0n) is 16.6. The smallest absolute Gasteiger partial charge is 0.369 e. The van der Waals surface area contributed by atoms with Crippen LogP contribution in [0.3, 0.4) is 0 Å². The first-order valence-corrected chi connectivity index (χ1v) is 12.1. The monoisotopic (exact) mass is 385 g/mol. The van der Waals surface area contributed by atoms with Gasteiger partial charge in [0, 0.05) is 30.2 Å². The molecule has 6 rings (SSSR count). The van der Waals surface area contributed by atoms with Crippen LogP contribution in [0.2, 0.25) is 0 Å². The lowest BCUT2D eigenvalue weighted by atomic mass is 9.69. The van der Waals surface area contributed by atoms with Crippen LogP contribution in [0.5, 0.6) is 0 Å². The normalized spacial score (nSPS) is 46.2. The molecule has 2 saturated carbocycles. The zero-order chi connectivity index (χ0) is 18.7. The van der Waals surface area contributed by atoms with Gasteiger partial charge in [0.15, 0.2) is 0 Å². The van der Waals surface area contributed by atoms with Crippen LogP contribution < -0.4 is 5.19 Å². The van der Waals surface area contributed by atoms with E-state index >= 15 is 0 Å². The number of benzene rings is 1. The van der Waals surface area contributed by atoms with E-state index < -0.39 is 8.80 Å². The van der Waals surface area contributed by atoms with E-state index in [2.05, 4.69) is 49.6 Å². The number of nitrogens with zero attached hydrogens (tertiary/aromatic N) is 1. The molecular formula is C22H31NO3Si. The average molecular weight is 386 g/mol. The van der Waals surface area contributed by atoms with Crippen molar-refractivity contribution in [2.45, 2.75) is 38.7 Å². The van der Waals surface area contributed by atoms with E-state index in [9.17, 15) is 0 Å². The third kappa shape index (κ3) is 2.78. The summed E-state index contributed by atoms with van der Waals surface area (Å²) in [6, 6.07) is 10.5. The van der Waals surface area contributed by atoms with E-state index in [1.165, 1.54) is 18.4 Å². The largest absolute Gasteiger partial charge is 0.537 e. The fraction of sp³-hybridized carbons (Fsp3) is 0.636. The SMILES string of the molecule is C=C(C)[C@H]1C[C@H]2C[C@@]2(C)[C@@]2(C1)CN1CCO[Si](c3ccccc3)(OCC1)O2. The topological polar surface area (TPSA) is 30.9 Å². The van der Waals surface area contributed by atoms with Crippen molar-refractivity contribution in [3.63, 3.8) is 0 Å². The molecule has 1 aromatic carbocycles. The molecule has 5 aliphatic rings. The molecule has 0 unspecified atom stereocenters. The fourth-order valence-corrected chi connectivity index (χ4v) is 8.57. The van der Waals surface area contributed by atoms with Crippen molar-refractivity contribution in [1.82, 2.24) is 4.90 Å². The molecule has 1 aromatic rings. The van der Waals surface area contributed by atoms with Crippen LogP contribution in [0.1, 0.15) is 33.1 Å². The summed E-state index contributed by atoms with van der Waals surface area (Å²) in [4.78, 5) is 2.50. The van der Waals surface area contributed by atoms with Crippen molar-refractivity contribution in [3.8, 4) is 0 Å². The number of rotatable bonds is 2. The average Bonchev–Trinajstić information content (AvgIpc) is 3.29. The molecule has 3 aliphatic heterocycles. The summed E-state index contributed by atoms with van der Waals surface area (Å²) < 4.78 is 20.2. The van der Waals surface area contributed by atoms with Crippen LogP contribution in [0, 0.1) is 17.3 Å². The summed E-state index contributed by atoms with van der Waals surface area (Å²) >= 11 is 0. The van der Waals surface area contributed by atoms with Gasteiger partial charge in [0.05, 0.1) is 18.8 Å². The number of fused-ring (bicyclic) bond motifs is 5. The molecule has 1 spiro atoms. The highest BCUT2D eigenvalue weighted by Gasteiger charge is 2.70. The first-order chi connectivity index (χ1) is 13.0. The van der Waals surface area contributed by atoms with Gasteiger partial charge in [0.25, 0.3) is 0 Å². The summed E-state index contributed by atoms with van der Waals surface area (Å²) in [7, 11) is -2.95. The Kier molecular flexibility index (Phi) is 4.19. The predicted molar refractivity (Wildman–Crippen MR) is 108 cm³/mol. The first-order valence-electron chi connectivity index (χ1n) is 10.4. The van der Waals surface area contributed by atoms with Crippen molar-refractivity contribution in [1.29, 1.82) is 0 Å². The Morgan fingerprint density at radius 1 is 1.15 bits per heavy atom. The van der Waals surface area contributed by atoms with Crippen LogP contribution in [0.15, 0.2) is 42.5 Å². The Morgan fingerprint density at radius 2 is 1.85 bits per heavy atom. The molecule has 3 heterocycles. The van der Waals surface area contributed by atoms with E-state index in [0.29, 0.717) is 19.1 Å². The molecule has 0 radical (unpaired) electrons. The highest BCUT2D eigenvalue weighted by atomic mass is 28.4. The zero-order valence-corrected chi connectivity index (χ0v) is 17.6. The van der Waals surface area contributed by atoms with Crippen molar-refractivity contribution >= 4 is 14.0 Å². The molecule has 146 valence electrons. The minimum Gasteiger partial charge on any atom is -0.369 e. The van der Waals surface area contributed by atoms with Gasteiger partial charge < -0.3 is 13.3 Å². The maximum Gasteiger partial charge on any atom is 0.537 e. The van der Waals surface area contributed by atoms with Crippen LogP contribution in [-0.2, 0) is 13.3 Å². The molecule has 4 nitrogen and oxygen atoms in total. The van der Waals surface area contributed by atoms with Crippen LogP contribution in [0.4, 0.5) is 0 Å². The second-order valence-electron chi connectivity index (χ2n) is 9.29. The second-order valence-corrected chi connectivity index (χ2v) is 11.8. The van der Waals surface area contributed by atoms with Gasteiger partial charge in [0.2, 0.25) is 0 Å². The third-order valence-electron chi connectivity index (χ3n) is 7.63. The summed E-state index contributed by atoms with van der Waals surface area (Å²) in [6.45, 7) is 13.2. The van der Waals surface area contributed by atoms with Crippen LogP contribution in [-0.4, -0.2) is 52.2 Å². The Bertz CT molecular complexity index is 730. The summed E-state index contributed by atoms with van der Waals surface area (Å²) in [5.74, 6) is 1.27. The second kappa shape index (κ2) is 6.26. The van der Waals surface area contributed by atoms with Crippen molar-refractivity contribution in [2.24, 2.45) is 17.3 Å². The lowest BCUT2D eigenvalue weighted by Gasteiger charge is -2.54. The highest BCUT2D eigenvalue weighted by molar-refractivity contribution is 6.75. The molecule has 2 aliphatic carbocycles. The molecule has 27 heavy (non-hydrogen) atoms. The number of hydrogen-bond donors (Lipinski definition) is 0. The van der Waals surface area contributed by atoms with Gasteiger partial charge in [-0.3, -0.25) is 4.90 Å². The summed E-state index contributed by atoms with van der Waals surface area (Å²) in [5, 5.41) is 1.11. The molecule has 0 N–H and O–H groups in total. The standard InChI is InChI=1S/C22H31NO3Si/c1-17(2)18-13-19-15-21(19,3)22(14-18)16-23-9-11-24-27(26-22,25-12-10-23)20-7-5-4-6-8-20/h4-8,18-19H,1,9-16H2,2-3H3/t18-,19-,21+,22+/m0/s1. The van der Waals surface area contributed by atoms with Crippen molar-refractivity contribution in [2.75, 3.05) is 32.8 Å². The van der Waals surface area contributed by atoms with Crippen LogP contribution in [0.25, 0.3) is 0 Å². The van der Waals surface area contributed by atoms with Gasteiger partial charge in [0.1, 0.15) is 0 Å². The Balaban J connectivity index is 1.60. The fourth-order valence-electron chi connectivity index (χ4n) is 5.70. The third-order valence-corrected chi connectivity index (χ3v) is 10.5. The van der Waals surface area contributed by atoms with Gasteiger partial charge in [-0.1, -0.05) is 49.4 Å². The van der Waals surface area contributed by atoms with E-state index in [-0.39, 0.29) is 11.0 Å². The van der Waals surface area contributed by atoms with E-state index in [4.69, 9.17) is 13.3 Å². The lowest BCUT2D eigenvalue weighted by Crippen LogP contribution is -2.70. The minimum atomic E-state index is -2.95. The van der Waals surface area contributed by atoms with E-state index in [0.717, 1.165) is 37.2 Å². The summed E-state index contributed by atoms with van der Waals surface area (Å²) in [6.07, 6.45) is 3.56. The van der Waals surface area contributed by atoms with Gasteiger partial charge in [-0.2, -0.15) is 0 Å². The van der Waals surface area contributed by atoms with Gasteiger partial charge in [-0.15, -0.1) is 0 Å². The van der Waals surface area contributed by atoms with E-state index in [1.807, 2.05) is 6.07 Å². The quantitative estimate of drug-likeness (QED) is 0.579. The molecule has 5 heteroatoms. The maximum atomic E-state index is 7.21. The Hall–Kier alpha value is -0.983. The molecule has 3 saturated heterocycles. The van der Waals surface area contributed by atoms with Crippen LogP contribution >= 0.6 is 0 Å². The van der Waals surface area contributed by atoms with Gasteiger partial charge in [-0.25, -0.2) is 0 Å². The first kappa shape index (κ1) is 18.1. The summed E-state index contributed by atoms with van der Waals surface area (Å²) in [5.41, 5.74) is 1.32. The van der Waals surface area contributed by atoms with Crippen molar-refractivity contribution < 1.29 is 13.3 Å². The lowest BCUT2D eigenvalue weighted by molar-refractivity contribution is -0.137. The Morgan fingerprint density at radius 3 is 2.52 bits per heavy atom. The Labute approximate surface area is 163 Å². The number of hydrogen-bond acceptors (Lipinski definition) is 4. The molecule has 5 fully saturated rings. The van der Waals surface area contributed by atoms with E-state index in [1.54, 1.807) is 0 Å². The minimum absolute atomic E-state index is 0.206. The molecular weight excluding hydrogens is 354 g/mol. The van der Waals surface area contributed by atoms with Gasteiger partial charge >= 0.3 is 8.80 Å². The maximum absolute atomic E-state index is 7.21. The predicted octanol–water partition coefficient (Wildman–Crippen LogP) is 2.96. The highest BCUT2D eigenvalue weighted by Crippen LogP contribution is 2.69. The number of allylic oxidation sites excluding steroid dienone is 1. The van der Waals surface area contributed by atoms with Crippen molar-refractivity contribution in [3.05, 3.63) is 42.5 Å². The molecule has 4 atom stereocenters. The van der Waals surface area contributed by atoms with Gasteiger partial charge in [-0.05, 0) is 38.0 Å². The molecule has 0 aromatic heterocycles. The molecule has 2 bridgehead atoms. The molecule has 0 amide bonds.